The summed E-state index contributed by atoms with van der Waals surface area (Å²) in [6.45, 7) is 13.9. The van der Waals surface area contributed by atoms with Gasteiger partial charge < -0.3 is 14.2 Å². The Labute approximate surface area is 206 Å². The van der Waals surface area contributed by atoms with Crippen molar-refractivity contribution in [2.45, 2.75) is 72.5 Å². The van der Waals surface area contributed by atoms with E-state index in [1.54, 1.807) is 14.2 Å². The van der Waals surface area contributed by atoms with Gasteiger partial charge in [-0.15, -0.1) is 0 Å². The molecule has 5 heteroatoms. The van der Waals surface area contributed by atoms with Crippen molar-refractivity contribution >= 4 is 24.4 Å². The molecule has 0 saturated heterocycles. The van der Waals surface area contributed by atoms with Crippen molar-refractivity contribution in [3.8, 4) is 11.5 Å². The average molecular weight is 482 g/mol. The molecule has 0 N–H and O–H groups in total. The highest BCUT2D eigenvalue weighted by Gasteiger charge is 2.41. The van der Waals surface area contributed by atoms with E-state index < -0.39 is 7.92 Å². The molecule has 3 atom stereocenters. The van der Waals surface area contributed by atoms with Crippen LogP contribution < -0.4 is 20.1 Å². The third-order valence-corrected chi connectivity index (χ3v) is 10.4. The summed E-state index contributed by atoms with van der Waals surface area (Å²) in [5.74, 6) is 3.90. The minimum Gasteiger partial charge on any atom is -0.496 e. The van der Waals surface area contributed by atoms with Crippen molar-refractivity contribution in [2.75, 3.05) is 20.8 Å². The summed E-state index contributed by atoms with van der Waals surface area (Å²) in [5.41, 5.74) is 5.33. The number of methoxy groups -OCH3 is 2. The molecule has 2 unspecified atom stereocenters. The molecule has 0 bridgehead atoms. The average Bonchev–Trinajstić information content (AvgIpc) is 3.43. The third-order valence-electron chi connectivity index (χ3n) is 7.45. The highest BCUT2D eigenvalue weighted by Crippen LogP contribution is 2.52. The fourth-order valence-corrected chi connectivity index (χ4v) is 9.27. The van der Waals surface area contributed by atoms with Crippen molar-refractivity contribution in [3.05, 3.63) is 46.5 Å². The number of aliphatic imine (C=N–C) groups is 1. The summed E-state index contributed by atoms with van der Waals surface area (Å²) in [4.78, 5) is 5.08. The van der Waals surface area contributed by atoms with Gasteiger partial charge in [-0.2, -0.15) is 0 Å². The van der Waals surface area contributed by atoms with Crippen molar-refractivity contribution < 1.29 is 14.2 Å². The number of nitrogens with zero attached hydrogens (tertiary/aromatic N) is 1. The maximum Gasteiger partial charge on any atom is 0.187 e. The van der Waals surface area contributed by atoms with E-state index in [0.717, 1.165) is 30.4 Å². The molecule has 1 fully saturated rings. The Kier molecular flexibility index (Phi) is 7.57. The molecule has 184 valence electrons. The quantitative estimate of drug-likeness (QED) is 0.456. The molecular formula is C29H40NO3P. The maximum absolute atomic E-state index is 6.25. The molecule has 1 aliphatic carbocycles. The number of hydrogen-bond acceptors (Lipinski definition) is 4. The van der Waals surface area contributed by atoms with Crippen molar-refractivity contribution in [1.82, 2.24) is 0 Å². The van der Waals surface area contributed by atoms with Gasteiger partial charge in [-0.25, -0.2) is 4.99 Å². The Morgan fingerprint density at radius 3 is 1.76 bits per heavy atom. The van der Waals surface area contributed by atoms with E-state index in [1.165, 1.54) is 45.7 Å². The van der Waals surface area contributed by atoms with Crippen LogP contribution in [-0.2, 0) is 4.74 Å². The first-order chi connectivity index (χ1) is 16.2. The molecule has 4 nitrogen and oxygen atoms in total. The van der Waals surface area contributed by atoms with Gasteiger partial charge in [-0.05, 0) is 117 Å². The van der Waals surface area contributed by atoms with Crippen LogP contribution in [-0.4, -0.2) is 38.4 Å². The molecule has 34 heavy (non-hydrogen) atoms. The molecule has 0 aromatic heterocycles. The molecule has 2 aliphatic rings. The normalized spacial score (nSPS) is 22.3. The first-order valence-corrected chi connectivity index (χ1v) is 14.0. The lowest BCUT2D eigenvalue weighted by atomic mass is 10.1. The van der Waals surface area contributed by atoms with Crippen LogP contribution in [0.2, 0.25) is 0 Å². The fourth-order valence-electron chi connectivity index (χ4n) is 5.80. The number of ether oxygens (including phenoxy) is 3. The van der Waals surface area contributed by atoms with Crippen molar-refractivity contribution in [2.24, 2.45) is 16.8 Å². The van der Waals surface area contributed by atoms with Crippen LogP contribution in [0.15, 0.2) is 29.3 Å². The van der Waals surface area contributed by atoms with E-state index in [4.69, 9.17) is 19.2 Å². The molecule has 1 heterocycles. The zero-order valence-corrected chi connectivity index (χ0v) is 23.0. The smallest absolute Gasteiger partial charge is 0.187 e. The second kappa shape index (κ2) is 10.3. The second-order valence-electron chi connectivity index (χ2n) is 10.3. The van der Waals surface area contributed by atoms with Gasteiger partial charge in [0.2, 0.25) is 0 Å². The van der Waals surface area contributed by atoms with Crippen LogP contribution in [0.1, 0.15) is 55.4 Å². The van der Waals surface area contributed by atoms with Crippen LogP contribution in [0.5, 0.6) is 11.5 Å². The summed E-state index contributed by atoms with van der Waals surface area (Å²) in [5, 5.41) is 2.84. The van der Waals surface area contributed by atoms with Gasteiger partial charge in [-0.1, -0.05) is 20.3 Å². The topological polar surface area (TPSA) is 40.0 Å². The van der Waals surface area contributed by atoms with Crippen LogP contribution in [0, 0.1) is 39.5 Å². The number of benzene rings is 2. The molecule has 1 saturated carbocycles. The zero-order valence-electron chi connectivity index (χ0n) is 22.1. The van der Waals surface area contributed by atoms with Crippen molar-refractivity contribution in [3.63, 3.8) is 0 Å². The molecular weight excluding hydrogens is 441 g/mol. The molecule has 0 amide bonds. The molecule has 4 rings (SSSR count). The molecule has 1 aliphatic heterocycles. The Morgan fingerprint density at radius 2 is 1.35 bits per heavy atom. The minimum atomic E-state index is -0.609. The summed E-state index contributed by atoms with van der Waals surface area (Å²) in [7, 11) is 2.92. The number of hydrogen-bond donors (Lipinski definition) is 0. The largest absolute Gasteiger partial charge is 0.496 e. The van der Waals surface area contributed by atoms with Gasteiger partial charge in [0.25, 0.3) is 0 Å². The molecule has 2 aromatic carbocycles. The van der Waals surface area contributed by atoms with E-state index >= 15 is 0 Å². The Bertz CT molecular complexity index is 972. The Morgan fingerprint density at radius 1 is 0.853 bits per heavy atom. The third kappa shape index (κ3) is 4.71. The monoisotopic (exact) mass is 481 g/mol. The van der Waals surface area contributed by atoms with Gasteiger partial charge in [0.05, 0.1) is 20.3 Å². The number of rotatable bonds is 7. The van der Waals surface area contributed by atoms with Gasteiger partial charge in [-0.3, -0.25) is 0 Å². The van der Waals surface area contributed by atoms with E-state index in [2.05, 4.69) is 65.8 Å². The fraction of sp³-hybridized carbons (Fsp3) is 0.552. The summed E-state index contributed by atoms with van der Waals surface area (Å²) in [6.07, 6.45) is 3.60. The summed E-state index contributed by atoms with van der Waals surface area (Å²) in [6, 6.07) is 9.72. The lowest BCUT2D eigenvalue weighted by Gasteiger charge is -2.31. The van der Waals surface area contributed by atoms with Crippen LogP contribution in [0.25, 0.3) is 0 Å². The van der Waals surface area contributed by atoms with Crippen LogP contribution >= 0.6 is 7.92 Å². The van der Waals surface area contributed by atoms with Crippen LogP contribution in [0.3, 0.4) is 0 Å². The standard InChI is InChI=1S/C29H40NO3P/c1-17(2)25-16-33-29(30-25)24-10-9-11-26(24)34(22-12-18(3)27(31-7)19(4)13-22)23-14-20(5)28(32-8)21(6)15-23/h12-15,17,24-26H,9-11,16H2,1-8H3/t24?,25-,26?/m0/s1. The predicted molar refractivity (Wildman–Crippen MR) is 144 cm³/mol. The second-order valence-corrected chi connectivity index (χ2v) is 12.7. The highest BCUT2D eigenvalue weighted by molar-refractivity contribution is 7.73. The van der Waals surface area contributed by atoms with Crippen molar-refractivity contribution in [1.29, 1.82) is 0 Å². The Hall–Kier alpha value is -2.06. The van der Waals surface area contributed by atoms with Gasteiger partial charge in [0, 0.05) is 5.92 Å². The first-order valence-electron chi connectivity index (χ1n) is 12.5. The summed E-state index contributed by atoms with van der Waals surface area (Å²) >= 11 is 0. The van der Waals surface area contributed by atoms with E-state index in [1.807, 2.05) is 0 Å². The van der Waals surface area contributed by atoms with E-state index in [0.29, 0.717) is 23.5 Å². The number of aryl methyl sites for hydroxylation is 4. The molecule has 0 radical (unpaired) electrons. The Balaban J connectivity index is 1.83. The minimum absolute atomic E-state index is 0.290. The molecule has 0 spiro atoms. The lowest BCUT2D eigenvalue weighted by Crippen LogP contribution is -2.30. The van der Waals surface area contributed by atoms with Gasteiger partial charge in [0.15, 0.2) is 5.90 Å². The van der Waals surface area contributed by atoms with E-state index in [9.17, 15) is 0 Å². The van der Waals surface area contributed by atoms with Gasteiger partial charge in [0.1, 0.15) is 18.1 Å². The predicted octanol–water partition coefficient (Wildman–Crippen LogP) is 5.99. The van der Waals surface area contributed by atoms with Crippen LogP contribution in [0.4, 0.5) is 0 Å². The summed E-state index contributed by atoms with van der Waals surface area (Å²) < 4.78 is 17.6. The van der Waals surface area contributed by atoms with Gasteiger partial charge >= 0.3 is 0 Å². The highest BCUT2D eigenvalue weighted by atomic mass is 31.1. The van der Waals surface area contributed by atoms with E-state index in [-0.39, 0.29) is 0 Å². The first kappa shape index (κ1) is 25.0. The zero-order chi connectivity index (χ0) is 24.6. The maximum atomic E-state index is 6.25. The lowest BCUT2D eigenvalue weighted by molar-refractivity contribution is 0.277. The SMILES string of the molecule is COc1c(C)cc(P(c2cc(C)c(OC)c(C)c2)C2CCCC2C2=N[C@H](C(C)C)CO2)cc1C. The molecule has 2 aromatic rings.